The van der Waals surface area contributed by atoms with E-state index >= 15 is 0 Å². The van der Waals surface area contributed by atoms with Gasteiger partial charge in [0, 0.05) is 17.9 Å². The van der Waals surface area contributed by atoms with Crippen LogP contribution in [-0.2, 0) is 4.74 Å². The molecule has 0 spiro atoms. The fourth-order valence-corrected chi connectivity index (χ4v) is 2.28. The van der Waals surface area contributed by atoms with Gasteiger partial charge in [-0.25, -0.2) is 13.6 Å². The number of piperidine rings is 1. The van der Waals surface area contributed by atoms with Crippen molar-refractivity contribution in [1.82, 2.24) is 4.90 Å². The van der Waals surface area contributed by atoms with Crippen molar-refractivity contribution in [1.29, 1.82) is 0 Å². The number of nitrogens with zero attached hydrogens (tertiary/aromatic N) is 2. The average Bonchev–Trinajstić information content (AvgIpc) is 2.35. The number of nitro groups is 1. The molecule has 1 fully saturated rings. The highest BCUT2D eigenvalue weighted by molar-refractivity contribution is 5.68. The largest absolute Gasteiger partial charge is 0.444 e. The van der Waals surface area contributed by atoms with Crippen LogP contribution in [0.4, 0.5) is 13.6 Å². The van der Waals surface area contributed by atoms with Crippen molar-refractivity contribution in [3.63, 3.8) is 0 Å². The molecule has 1 aliphatic rings. The number of aliphatic hydroxyl groups excluding tert-OH is 1. The lowest BCUT2D eigenvalue weighted by molar-refractivity contribution is -0.590. The zero-order valence-corrected chi connectivity index (χ0v) is 12.2. The molecule has 9 heteroatoms. The van der Waals surface area contributed by atoms with Gasteiger partial charge in [-0.05, 0) is 27.2 Å². The first-order chi connectivity index (χ1) is 9.49. The zero-order valence-electron chi connectivity index (χ0n) is 12.2. The minimum Gasteiger partial charge on any atom is -0.444 e. The zero-order chi connectivity index (χ0) is 16.4. The molecule has 1 heterocycles. The van der Waals surface area contributed by atoms with E-state index in [1.807, 2.05) is 0 Å². The lowest BCUT2D eigenvalue weighted by Gasteiger charge is -2.38. The standard InChI is InChI=1S/C12H20F2N2O5/c1-11(2,3)21-10(18)15-6-4-5-12(7-15,16(19)20)8(17)9(13)14/h8-9,17H,4-7H2,1-3H3. The van der Waals surface area contributed by atoms with Crippen LogP contribution in [0.5, 0.6) is 0 Å². The van der Waals surface area contributed by atoms with E-state index in [4.69, 9.17) is 4.74 Å². The number of hydrogen-bond acceptors (Lipinski definition) is 5. The summed E-state index contributed by atoms with van der Waals surface area (Å²) in [5.74, 6) is 0. The molecule has 0 aromatic rings. The van der Waals surface area contributed by atoms with Gasteiger partial charge in [0.1, 0.15) is 5.60 Å². The minimum absolute atomic E-state index is 0.143. The topological polar surface area (TPSA) is 92.9 Å². The molecular formula is C12H20F2N2O5. The number of amides is 1. The van der Waals surface area contributed by atoms with E-state index in [1.54, 1.807) is 20.8 Å². The van der Waals surface area contributed by atoms with Crippen molar-refractivity contribution in [2.75, 3.05) is 13.1 Å². The summed E-state index contributed by atoms with van der Waals surface area (Å²) < 4.78 is 30.5. The Morgan fingerprint density at radius 1 is 1.48 bits per heavy atom. The molecular weight excluding hydrogens is 290 g/mol. The Kier molecular flexibility index (Phi) is 5.08. The van der Waals surface area contributed by atoms with Crippen LogP contribution in [0.3, 0.4) is 0 Å². The van der Waals surface area contributed by atoms with Gasteiger partial charge in [-0.2, -0.15) is 0 Å². The van der Waals surface area contributed by atoms with E-state index in [-0.39, 0.29) is 19.4 Å². The Hall–Kier alpha value is -1.51. The molecule has 1 saturated heterocycles. The second-order valence-electron chi connectivity index (χ2n) is 6.15. The third kappa shape index (κ3) is 3.99. The Balaban J connectivity index is 2.94. The Labute approximate surface area is 121 Å². The van der Waals surface area contributed by atoms with Crippen LogP contribution in [0, 0.1) is 10.1 Å². The van der Waals surface area contributed by atoms with Gasteiger partial charge in [0.15, 0.2) is 6.10 Å². The van der Waals surface area contributed by atoms with E-state index in [2.05, 4.69) is 0 Å². The summed E-state index contributed by atoms with van der Waals surface area (Å²) in [5, 5.41) is 20.7. The summed E-state index contributed by atoms with van der Waals surface area (Å²) in [6, 6.07) is 0. The fraction of sp³-hybridized carbons (Fsp3) is 0.917. The van der Waals surface area contributed by atoms with Crippen LogP contribution in [0.15, 0.2) is 0 Å². The number of ether oxygens (including phenoxy) is 1. The molecule has 1 aliphatic heterocycles. The van der Waals surface area contributed by atoms with E-state index in [1.165, 1.54) is 0 Å². The first-order valence-corrected chi connectivity index (χ1v) is 6.58. The molecule has 7 nitrogen and oxygen atoms in total. The quantitative estimate of drug-likeness (QED) is 0.632. The van der Waals surface area contributed by atoms with Crippen LogP contribution < -0.4 is 0 Å². The predicted octanol–water partition coefficient (Wildman–Crippen LogP) is 1.66. The molecule has 21 heavy (non-hydrogen) atoms. The number of alkyl halides is 2. The molecule has 1 amide bonds. The second-order valence-corrected chi connectivity index (χ2v) is 6.15. The molecule has 0 aromatic heterocycles. The second kappa shape index (κ2) is 6.08. The van der Waals surface area contributed by atoms with Gasteiger partial charge in [-0.15, -0.1) is 0 Å². The van der Waals surface area contributed by atoms with Crippen molar-refractivity contribution < 1.29 is 28.3 Å². The molecule has 2 atom stereocenters. The maximum absolute atomic E-state index is 12.7. The van der Waals surface area contributed by atoms with Gasteiger partial charge < -0.3 is 14.7 Å². The summed E-state index contributed by atoms with van der Waals surface area (Å²) in [6.45, 7) is 4.46. The van der Waals surface area contributed by atoms with Gasteiger partial charge >= 0.3 is 6.09 Å². The summed E-state index contributed by atoms with van der Waals surface area (Å²) in [4.78, 5) is 23.2. The molecule has 0 aromatic carbocycles. The number of aliphatic hydroxyl groups is 1. The number of halogens is 2. The fourth-order valence-electron chi connectivity index (χ4n) is 2.28. The summed E-state index contributed by atoms with van der Waals surface area (Å²) in [5.41, 5.74) is -3.06. The molecule has 0 radical (unpaired) electrons. The summed E-state index contributed by atoms with van der Waals surface area (Å²) in [6.07, 6.45) is -6.57. The molecule has 0 saturated carbocycles. The Bertz CT molecular complexity index is 413. The van der Waals surface area contributed by atoms with E-state index in [0.717, 1.165) is 4.90 Å². The summed E-state index contributed by atoms with van der Waals surface area (Å²) in [7, 11) is 0. The van der Waals surface area contributed by atoms with Crippen LogP contribution in [0.1, 0.15) is 33.6 Å². The summed E-state index contributed by atoms with van der Waals surface area (Å²) >= 11 is 0. The van der Waals surface area contributed by atoms with Gasteiger partial charge in [-0.1, -0.05) is 0 Å². The van der Waals surface area contributed by atoms with Crippen molar-refractivity contribution in [2.24, 2.45) is 0 Å². The number of carbonyl (C=O) groups is 1. The third-order valence-electron chi connectivity index (χ3n) is 3.31. The monoisotopic (exact) mass is 310 g/mol. The van der Waals surface area contributed by atoms with Crippen molar-refractivity contribution in [2.45, 2.75) is 57.3 Å². The van der Waals surface area contributed by atoms with Crippen molar-refractivity contribution in [3.05, 3.63) is 10.1 Å². The van der Waals surface area contributed by atoms with Gasteiger partial charge in [0.25, 0.3) is 12.0 Å². The highest BCUT2D eigenvalue weighted by Crippen LogP contribution is 2.31. The smallest absolute Gasteiger partial charge is 0.410 e. The lowest BCUT2D eigenvalue weighted by atomic mass is 9.84. The Morgan fingerprint density at radius 2 is 2.05 bits per heavy atom. The Morgan fingerprint density at radius 3 is 2.48 bits per heavy atom. The van der Waals surface area contributed by atoms with Gasteiger partial charge in [-0.3, -0.25) is 10.1 Å². The van der Waals surface area contributed by atoms with Crippen LogP contribution in [0.2, 0.25) is 0 Å². The molecule has 1 N–H and O–H groups in total. The van der Waals surface area contributed by atoms with Gasteiger partial charge in [0.05, 0.1) is 6.54 Å². The number of likely N-dealkylation sites (tertiary alicyclic amines) is 1. The van der Waals surface area contributed by atoms with Crippen molar-refractivity contribution >= 4 is 6.09 Å². The number of rotatable bonds is 3. The van der Waals surface area contributed by atoms with E-state index in [9.17, 15) is 28.8 Å². The van der Waals surface area contributed by atoms with E-state index in [0.29, 0.717) is 0 Å². The molecule has 0 bridgehead atoms. The molecule has 1 rings (SSSR count). The minimum atomic E-state index is -3.26. The first-order valence-electron chi connectivity index (χ1n) is 6.58. The highest BCUT2D eigenvalue weighted by Gasteiger charge is 2.57. The highest BCUT2D eigenvalue weighted by atomic mass is 19.3. The van der Waals surface area contributed by atoms with Crippen LogP contribution >= 0.6 is 0 Å². The van der Waals surface area contributed by atoms with Gasteiger partial charge in [0.2, 0.25) is 0 Å². The normalized spacial score (nSPS) is 24.8. The van der Waals surface area contributed by atoms with Crippen LogP contribution in [0.25, 0.3) is 0 Å². The van der Waals surface area contributed by atoms with Crippen molar-refractivity contribution in [3.8, 4) is 0 Å². The molecule has 0 aliphatic carbocycles. The van der Waals surface area contributed by atoms with E-state index < -0.39 is 41.2 Å². The maximum Gasteiger partial charge on any atom is 0.410 e. The predicted molar refractivity (Wildman–Crippen MR) is 68.8 cm³/mol. The first kappa shape index (κ1) is 17.5. The number of carbonyl (C=O) groups excluding carboxylic acids is 1. The third-order valence-corrected chi connectivity index (χ3v) is 3.31. The molecule has 122 valence electrons. The maximum atomic E-state index is 12.7. The van der Waals surface area contributed by atoms with Crippen LogP contribution in [-0.4, -0.2) is 57.8 Å². The molecule has 2 unspecified atom stereocenters. The lowest BCUT2D eigenvalue weighted by Crippen LogP contribution is -2.63. The SMILES string of the molecule is CC(C)(C)OC(=O)N1CCCC(C(O)C(F)F)([N+](=O)[O-])C1. The number of hydrogen-bond donors (Lipinski definition) is 1. The average molecular weight is 310 g/mol.